The Balaban J connectivity index is 3.86. The van der Waals surface area contributed by atoms with Gasteiger partial charge in [0.1, 0.15) is 0 Å². The summed E-state index contributed by atoms with van der Waals surface area (Å²) in [6.07, 6.45) is 2.24. The Kier molecular flexibility index (Phi) is 9.21. The van der Waals surface area contributed by atoms with Crippen LogP contribution in [0.1, 0.15) is 39.5 Å². The van der Waals surface area contributed by atoms with Crippen LogP contribution in [0.25, 0.3) is 0 Å². The average molecular weight is 272 g/mol. The fraction of sp³-hybridized carbons (Fsp3) is 0.857. The van der Waals surface area contributed by atoms with E-state index < -0.39 is 5.97 Å². The minimum atomic E-state index is -0.749. The second-order valence-corrected chi connectivity index (χ2v) is 5.63. The van der Waals surface area contributed by atoms with Crippen LogP contribution in [0.3, 0.4) is 0 Å². The molecule has 2 N–H and O–H groups in total. The highest BCUT2D eigenvalue weighted by atomic mass is 16.4. The molecule has 112 valence electrons. The van der Waals surface area contributed by atoms with Gasteiger partial charge in [0.25, 0.3) is 0 Å². The third kappa shape index (κ3) is 10.5. The first kappa shape index (κ1) is 17.9. The molecule has 5 heteroatoms. The number of aliphatic carboxylic acids is 1. The van der Waals surface area contributed by atoms with Gasteiger partial charge in [-0.3, -0.25) is 9.59 Å². The van der Waals surface area contributed by atoms with Crippen LogP contribution in [0.5, 0.6) is 0 Å². The van der Waals surface area contributed by atoms with Gasteiger partial charge < -0.3 is 15.3 Å². The number of nitrogens with zero attached hydrogens (tertiary/aromatic N) is 1. The normalized spacial score (nSPS) is 12.7. The molecule has 0 aliphatic carbocycles. The topological polar surface area (TPSA) is 69.6 Å². The molecule has 0 spiro atoms. The first-order valence-corrected chi connectivity index (χ1v) is 6.96. The van der Waals surface area contributed by atoms with Crippen LogP contribution in [0.15, 0.2) is 0 Å². The van der Waals surface area contributed by atoms with Crippen molar-refractivity contribution in [1.29, 1.82) is 0 Å². The van der Waals surface area contributed by atoms with E-state index in [1.165, 1.54) is 0 Å². The molecule has 5 nitrogen and oxygen atoms in total. The molecule has 1 atom stereocenters. The Labute approximate surface area is 116 Å². The van der Waals surface area contributed by atoms with Gasteiger partial charge in [-0.1, -0.05) is 13.8 Å². The van der Waals surface area contributed by atoms with E-state index in [2.05, 4.69) is 19.2 Å². The van der Waals surface area contributed by atoms with Gasteiger partial charge in [-0.05, 0) is 38.8 Å². The van der Waals surface area contributed by atoms with Gasteiger partial charge in [0.2, 0.25) is 5.91 Å². The summed E-state index contributed by atoms with van der Waals surface area (Å²) in [5.74, 6) is 0.110. The van der Waals surface area contributed by atoms with Crippen molar-refractivity contribution in [2.24, 2.45) is 11.8 Å². The molecule has 0 heterocycles. The van der Waals surface area contributed by atoms with E-state index >= 15 is 0 Å². The Hall–Kier alpha value is -1.10. The molecule has 1 unspecified atom stereocenters. The Bertz CT molecular complexity index is 278. The zero-order valence-electron chi connectivity index (χ0n) is 12.6. The summed E-state index contributed by atoms with van der Waals surface area (Å²) in [6.45, 7) is 5.58. The molecular weight excluding hydrogens is 244 g/mol. The summed E-state index contributed by atoms with van der Waals surface area (Å²) in [5, 5.41) is 11.6. The number of carbonyl (C=O) groups is 2. The maximum absolute atomic E-state index is 11.5. The molecule has 0 bridgehead atoms. The zero-order valence-corrected chi connectivity index (χ0v) is 12.6. The number of amides is 1. The van der Waals surface area contributed by atoms with Crippen molar-refractivity contribution in [3.05, 3.63) is 0 Å². The molecule has 19 heavy (non-hydrogen) atoms. The second kappa shape index (κ2) is 9.78. The average Bonchev–Trinajstić information content (AvgIpc) is 2.30. The van der Waals surface area contributed by atoms with E-state index in [0.29, 0.717) is 31.2 Å². The molecule has 0 saturated heterocycles. The Morgan fingerprint density at radius 3 is 2.26 bits per heavy atom. The molecule has 0 aromatic carbocycles. The molecule has 0 radical (unpaired) electrons. The lowest BCUT2D eigenvalue weighted by Crippen LogP contribution is -2.29. The Morgan fingerprint density at radius 2 is 1.79 bits per heavy atom. The highest BCUT2D eigenvalue weighted by Crippen LogP contribution is 2.20. The van der Waals surface area contributed by atoms with Crippen molar-refractivity contribution in [1.82, 2.24) is 10.2 Å². The fourth-order valence-corrected chi connectivity index (χ4v) is 1.93. The zero-order chi connectivity index (χ0) is 14.8. The van der Waals surface area contributed by atoms with Gasteiger partial charge in [0.15, 0.2) is 0 Å². The van der Waals surface area contributed by atoms with Gasteiger partial charge in [0.05, 0.1) is 0 Å². The van der Waals surface area contributed by atoms with Crippen LogP contribution in [0, 0.1) is 11.8 Å². The molecule has 0 rings (SSSR count). The molecular formula is C14H28N2O3. The van der Waals surface area contributed by atoms with Gasteiger partial charge in [-0.15, -0.1) is 0 Å². The third-order valence-corrected chi connectivity index (χ3v) is 3.30. The van der Waals surface area contributed by atoms with Crippen LogP contribution in [0.4, 0.5) is 0 Å². The summed E-state index contributed by atoms with van der Waals surface area (Å²) in [5.41, 5.74) is 0. The van der Waals surface area contributed by atoms with Crippen LogP contribution in [-0.4, -0.2) is 49.1 Å². The van der Waals surface area contributed by atoms with Crippen molar-refractivity contribution >= 4 is 11.9 Å². The van der Waals surface area contributed by atoms with Crippen LogP contribution in [0.2, 0.25) is 0 Å². The number of carboxylic acids is 1. The first-order chi connectivity index (χ1) is 8.82. The number of carbonyl (C=O) groups excluding carboxylic acids is 1. The van der Waals surface area contributed by atoms with E-state index in [1.54, 1.807) is 0 Å². The Morgan fingerprint density at radius 1 is 1.16 bits per heavy atom. The maximum atomic E-state index is 11.5. The highest BCUT2D eigenvalue weighted by molar-refractivity contribution is 5.76. The maximum Gasteiger partial charge on any atom is 0.303 e. The van der Waals surface area contributed by atoms with Gasteiger partial charge in [0, 0.05) is 25.9 Å². The monoisotopic (exact) mass is 272 g/mol. The van der Waals surface area contributed by atoms with Crippen LogP contribution < -0.4 is 5.32 Å². The second-order valence-electron chi connectivity index (χ2n) is 5.63. The molecule has 0 aromatic rings. The highest BCUT2D eigenvalue weighted by Gasteiger charge is 2.15. The number of rotatable bonds is 10. The van der Waals surface area contributed by atoms with Crippen LogP contribution in [-0.2, 0) is 9.59 Å². The molecule has 0 aromatic heterocycles. The van der Waals surface area contributed by atoms with E-state index in [1.807, 2.05) is 19.0 Å². The number of hydrogen-bond donors (Lipinski definition) is 2. The molecule has 0 aliphatic heterocycles. The predicted octanol–water partition coefficient (Wildman–Crippen LogP) is 1.58. The lowest BCUT2D eigenvalue weighted by molar-refractivity contribution is -0.137. The molecule has 1 amide bonds. The summed E-state index contributed by atoms with van der Waals surface area (Å²) < 4.78 is 0. The van der Waals surface area contributed by atoms with Crippen LogP contribution >= 0.6 is 0 Å². The first-order valence-electron chi connectivity index (χ1n) is 6.96. The SMILES string of the molecule is CC(C)C(CCNC(=O)CCN(C)C)CCC(=O)O. The third-order valence-electron chi connectivity index (χ3n) is 3.30. The fourth-order valence-electron chi connectivity index (χ4n) is 1.93. The van der Waals surface area contributed by atoms with Crippen molar-refractivity contribution in [2.75, 3.05) is 27.2 Å². The summed E-state index contributed by atoms with van der Waals surface area (Å²) in [4.78, 5) is 24.1. The van der Waals surface area contributed by atoms with Gasteiger partial charge >= 0.3 is 5.97 Å². The van der Waals surface area contributed by atoms with Crippen molar-refractivity contribution in [2.45, 2.75) is 39.5 Å². The number of hydrogen-bond acceptors (Lipinski definition) is 3. The summed E-state index contributed by atoms with van der Waals surface area (Å²) >= 11 is 0. The number of nitrogens with one attached hydrogen (secondary N) is 1. The van der Waals surface area contributed by atoms with E-state index in [9.17, 15) is 9.59 Å². The quantitative estimate of drug-likeness (QED) is 0.633. The summed E-state index contributed by atoms with van der Waals surface area (Å²) in [7, 11) is 3.88. The standard InChI is InChI=1S/C14H28N2O3/c1-11(2)12(5-6-14(18)19)7-9-15-13(17)8-10-16(3)4/h11-12H,5-10H2,1-4H3,(H,15,17)(H,18,19). The lowest BCUT2D eigenvalue weighted by Gasteiger charge is -2.20. The van der Waals surface area contributed by atoms with Crippen molar-refractivity contribution in [3.8, 4) is 0 Å². The smallest absolute Gasteiger partial charge is 0.303 e. The van der Waals surface area contributed by atoms with Crippen molar-refractivity contribution < 1.29 is 14.7 Å². The lowest BCUT2D eigenvalue weighted by atomic mass is 9.88. The minimum Gasteiger partial charge on any atom is -0.481 e. The van der Waals surface area contributed by atoms with Gasteiger partial charge in [-0.25, -0.2) is 0 Å². The predicted molar refractivity (Wildman–Crippen MR) is 76.0 cm³/mol. The van der Waals surface area contributed by atoms with Gasteiger partial charge in [-0.2, -0.15) is 0 Å². The molecule has 0 saturated carbocycles. The number of carboxylic acid groups (broad SMARTS) is 1. The molecule has 0 fully saturated rings. The minimum absolute atomic E-state index is 0.0643. The van der Waals surface area contributed by atoms with Crippen molar-refractivity contribution in [3.63, 3.8) is 0 Å². The van der Waals surface area contributed by atoms with E-state index in [-0.39, 0.29) is 12.3 Å². The van der Waals surface area contributed by atoms with E-state index in [0.717, 1.165) is 13.0 Å². The van der Waals surface area contributed by atoms with E-state index in [4.69, 9.17) is 5.11 Å². The molecule has 0 aliphatic rings. The summed E-state index contributed by atoms with van der Waals surface area (Å²) in [6, 6.07) is 0. The largest absolute Gasteiger partial charge is 0.481 e.